The van der Waals surface area contributed by atoms with E-state index in [2.05, 4.69) is 15.9 Å². The lowest BCUT2D eigenvalue weighted by Crippen LogP contribution is -2.56. The molecule has 2 bridgehead atoms. The maximum Gasteiger partial charge on any atom is 0.429 e. The molecule has 0 aromatic heterocycles. The second-order valence-corrected chi connectivity index (χ2v) is 8.25. The summed E-state index contributed by atoms with van der Waals surface area (Å²) in [5, 5.41) is 13.0. The third-order valence-corrected chi connectivity index (χ3v) is 6.11. The van der Waals surface area contributed by atoms with E-state index in [9.17, 15) is 14.7 Å². The minimum atomic E-state index is -0.868. The molecule has 1 saturated carbocycles. The molecule has 2 fully saturated rings. The first-order valence-electron chi connectivity index (χ1n) is 9.38. The van der Waals surface area contributed by atoms with Crippen LogP contribution in [0.3, 0.4) is 0 Å². The van der Waals surface area contributed by atoms with Crippen LogP contribution in [0.2, 0.25) is 0 Å². The number of benzene rings is 2. The van der Waals surface area contributed by atoms with Crippen LogP contribution >= 0.6 is 15.9 Å². The molecular formula is C21H21BrN2O5. The number of rotatable bonds is 4. The summed E-state index contributed by atoms with van der Waals surface area (Å²) in [4.78, 5) is 25.5. The predicted octanol–water partition coefficient (Wildman–Crippen LogP) is 3.46. The van der Waals surface area contributed by atoms with E-state index < -0.39 is 30.4 Å². The zero-order chi connectivity index (χ0) is 20.4. The number of alkyl halides is 1. The average Bonchev–Trinajstić information content (AvgIpc) is 3.19. The van der Waals surface area contributed by atoms with Crippen LogP contribution in [0.5, 0.6) is 0 Å². The van der Waals surface area contributed by atoms with E-state index >= 15 is 0 Å². The summed E-state index contributed by atoms with van der Waals surface area (Å²) in [6.45, 7) is 0.151. The Morgan fingerprint density at radius 1 is 0.897 bits per heavy atom. The molecule has 152 valence electrons. The number of nitrogens with zero attached hydrogens (tertiary/aromatic N) is 2. The Bertz CT molecular complexity index is 866. The number of aliphatic hydroxyl groups excluding tert-OH is 1. The number of hydrogen-bond acceptors (Lipinski definition) is 5. The zero-order valence-electron chi connectivity index (χ0n) is 15.6. The quantitative estimate of drug-likeness (QED) is 0.706. The number of aliphatic hydroxyl groups is 1. The van der Waals surface area contributed by atoms with E-state index in [-0.39, 0.29) is 18.0 Å². The average molecular weight is 461 g/mol. The van der Waals surface area contributed by atoms with Crippen molar-refractivity contribution < 1.29 is 24.2 Å². The lowest BCUT2D eigenvalue weighted by molar-refractivity contribution is -0.0410. The van der Waals surface area contributed by atoms with E-state index in [0.29, 0.717) is 6.42 Å². The van der Waals surface area contributed by atoms with Gasteiger partial charge in [0.05, 0.1) is 12.1 Å². The standard InChI is InChI=1S/C21H21BrN2O5/c22-16-11-17-19(25)18(16)24(21(27)29-13-15-9-5-2-6-10-15)23(17)20(26)28-12-14-7-3-1-4-8-14/h1-10,16-19,25H,11-13H2/t16?,17-,18+,19+/m1/s1. The highest BCUT2D eigenvalue weighted by molar-refractivity contribution is 9.09. The summed E-state index contributed by atoms with van der Waals surface area (Å²) in [7, 11) is 0. The van der Waals surface area contributed by atoms with Gasteiger partial charge in [0.15, 0.2) is 0 Å². The Morgan fingerprint density at radius 2 is 1.38 bits per heavy atom. The predicted molar refractivity (Wildman–Crippen MR) is 108 cm³/mol. The van der Waals surface area contributed by atoms with Crippen LogP contribution in [-0.4, -0.2) is 50.3 Å². The van der Waals surface area contributed by atoms with E-state index in [0.717, 1.165) is 11.1 Å². The molecule has 2 aliphatic rings. The van der Waals surface area contributed by atoms with Crippen molar-refractivity contribution in [3.05, 3.63) is 71.8 Å². The third-order valence-electron chi connectivity index (χ3n) is 5.19. The maximum atomic E-state index is 12.8. The molecule has 4 rings (SSSR count). The molecule has 7 nitrogen and oxygen atoms in total. The van der Waals surface area contributed by atoms with Gasteiger partial charge in [-0.1, -0.05) is 76.6 Å². The van der Waals surface area contributed by atoms with Crippen molar-refractivity contribution in [1.82, 2.24) is 10.0 Å². The Balaban J connectivity index is 1.46. The van der Waals surface area contributed by atoms with Crippen molar-refractivity contribution >= 4 is 28.1 Å². The number of carbonyl (C=O) groups is 2. The first-order chi connectivity index (χ1) is 14.1. The third kappa shape index (κ3) is 3.95. The Hall–Kier alpha value is -2.58. The molecule has 1 aliphatic heterocycles. The number of ether oxygens (including phenoxy) is 2. The molecule has 2 aromatic rings. The molecule has 0 spiro atoms. The molecule has 8 heteroatoms. The molecule has 1 N–H and O–H groups in total. The van der Waals surface area contributed by atoms with Gasteiger partial charge in [-0.25, -0.2) is 19.6 Å². The van der Waals surface area contributed by atoms with Crippen LogP contribution in [0, 0.1) is 0 Å². The summed E-state index contributed by atoms with van der Waals surface area (Å²) in [6, 6.07) is 17.4. The van der Waals surface area contributed by atoms with Gasteiger partial charge in [0, 0.05) is 4.83 Å². The topological polar surface area (TPSA) is 79.3 Å². The highest BCUT2D eigenvalue weighted by atomic mass is 79.9. The number of hydrogen-bond donors (Lipinski definition) is 1. The number of amides is 2. The second-order valence-electron chi connectivity index (χ2n) is 7.07. The molecule has 2 amide bonds. The number of fused-ring (bicyclic) bond motifs is 2. The smallest absolute Gasteiger partial charge is 0.429 e. The van der Waals surface area contributed by atoms with Crippen molar-refractivity contribution in [3.8, 4) is 0 Å². The summed E-state index contributed by atoms with van der Waals surface area (Å²) in [5.74, 6) is 0. The van der Waals surface area contributed by atoms with E-state index in [1.807, 2.05) is 60.7 Å². The Labute approximate surface area is 176 Å². The summed E-state index contributed by atoms with van der Waals surface area (Å²) in [5.41, 5.74) is 1.67. The fraction of sp³-hybridized carbons (Fsp3) is 0.333. The Morgan fingerprint density at radius 3 is 1.90 bits per heavy atom. The lowest BCUT2D eigenvalue weighted by atomic mass is 10.2. The van der Waals surface area contributed by atoms with Gasteiger partial charge in [-0.05, 0) is 17.5 Å². The molecule has 1 saturated heterocycles. The van der Waals surface area contributed by atoms with Crippen molar-refractivity contribution in [2.75, 3.05) is 0 Å². The first kappa shape index (κ1) is 19.7. The summed E-state index contributed by atoms with van der Waals surface area (Å²) >= 11 is 3.50. The number of carbonyl (C=O) groups excluding carboxylic acids is 2. The van der Waals surface area contributed by atoms with E-state index in [1.165, 1.54) is 10.0 Å². The molecular weight excluding hydrogens is 440 g/mol. The van der Waals surface area contributed by atoms with Crippen LogP contribution in [0.1, 0.15) is 17.5 Å². The summed E-state index contributed by atoms with van der Waals surface area (Å²) < 4.78 is 10.8. The minimum Gasteiger partial charge on any atom is -0.443 e. The van der Waals surface area contributed by atoms with Gasteiger partial charge < -0.3 is 14.6 Å². The highest BCUT2D eigenvalue weighted by Crippen LogP contribution is 2.42. The van der Waals surface area contributed by atoms with Crippen molar-refractivity contribution in [1.29, 1.82) is 0 Å². The van der Waals surface area contributed by atoms with Gasteiger partial charge in [-0.15, -0.1) is 0 Å². The van der Waals surface area contributed by atoms with Crippen LogP contribution < -0.4 is 0 Å². The monoisotopic (exact) mass is 460 g/mol. The van der Waals surface area contributed by atoms with Gasteiger partial charge in [-0.3, -0.25) is 0 Å². The zero-order valence-corrected chi connectivity index (χ0v) is 17.1. The molecule has 4 atom stereocenters. The van der Waals surface area contributed by atoms with Gasteiger partial charge >= 0.3 is 12.2 Å². The highest BCUT2D eigenvalue weighted by Gasteiger charge is 2.60. The van der Waals surface area contributed by atoms with Gasteiger partial charge in [-0.2, -0.15) is 0 Å². The van der Waals surface area contributed by atoms with Crippen LogP contribution in [0.4, 0.5) is 9.59 Å². The molecule has 1 heterocycles. The van der Waals surface area contributed by atoms with Gasteiger partial charge in [0.2, 0.25) is 0 Å². The molecule has 29 heavy (non-hydrogen) atoms. The fourth-order valence-corrected chi connectivity index (χ4v) is 4.72. The van der Waals surface area contributed by atoms with Crippen molar-refractivity contribution in [3.63, 3.8) is 0 Å². The lowest BCUT2D eigenvalue weighted by Gasteiger charge is -2.37. The maximum absolute atomic E-state index is 12.8. The molecule has 0 radical (unpaired) electrons. The number of hydrazine groups is 1. The largest absolute Gasteiger partial charge is 0.443 e. The van der Waals surface area contributed by atoms with Gasteiger partial charge in [0.25, 0.3) is 0 Å². The number of halogens is 1. The normalized spacial score (nSPS) is 25.2. The molecule has 2 aromatic carbocycles. The van der Waals surface area contributed by atoms with E-state index in [1.54, 1.807) is 0 Å². The molecule has 1 aliphatic carbocycles. The SMILES string of the molecule is O=C(OCc1ccccc1)N1[C@@H]2CC(Br)[C@@H]([C@H]2O)N1C(=O)OCc1ccccc1. The van der Waals surface area contributed by atoms with Crippen LogP contribution in [0.25, 0.3) is 0 Å². The van der Waals surface area contributed by atoms with E-state index in [4.69, 9.17) is 9.47 Å². The van der Waals surface area contributed by atoms with Crippen molar-refractivity contribution in [2.45, 2.75) is 42.6 Å². The minimum absolute atomic E-state index is 0.0729. The molecule has 1 unspecified atom stereocenters. The van der Waals surface area contributed by atoms with Crippen molar-refractivity contribution in [2.24, 2.45) is 0 Å². The second kappa shape index (κ2) is 8.42. The Kier molecular flexibility index (Phi) is 5.73. The van der Waals surface area contributed by atoms with Crippen LogP contribution in [0.15, 0.2) is 60.7 Å². The summed E-state index contributed by atoms with van der Waals surface area (Å²) in [6.07, 6.45) is -1.72. The van der Waals surface area contributed by atoms with Gasteiger partial charge in [0.1, 0.15) is 19.3 Å². The van der Waals surface area contributed by atoms with Crippen LogP contribution in [-0.2, 0) is 22.7 Å². The first-order valence-corrected chi connectivity index (χ1v) is 10.3. The fourth-order valence-electron chi connectivity index (χ4n) is 3.80.